The highest BCUT2D eigenvalue weighted by Crippen LogP contribution is 2.17. The Kier molecular flexibility index (Phi) is 4.31. The lowest BCUT2D eigenvalue weighted by Gasteiger charge is -2.05. The SMILES string of the molecule is CC(C)=CCNCc1cc(F)ccc1O. The Balaban J connectivity index is 2.50. The first-order valence-electron chi connectivity index (χ1n) is 4.91. The van der Waals surface area contributed by atoms with Crippen molar-refractivity contribution in [1.29, 1.82) is 0 Å². The van der Waals surface area contributed by atoms with Crippen LogP contribution in [0.2, 0.25) is 0 Å². The molecule has 15 heavy (non-hydrogen) atoms. The van der Waals surface area contributed by atoms with Crippen molar-refractivity contribution in [3.8, 4) is 5.75 Å². The standard InChI is InChI=1S/C12H16FNO/c1-9(2)5-6-14-8-10-7-11(13)3-4-12(10)15/h3-5,7,14-15H,6,8H2,1-2H3. The van der Waals surface area contributed by atoms with Crippen molar-refractivity contribution in [3.05, 3.63) is 41.2 Å². The highest BCUT2D eigenvalue weighted by Gasteiger charge is 2.01. The molecule has 0 radical (unpaired) electrons. The van der Waals surface area contributed by atoms with Gasteiger partial charge in [-0.3, -0.25) is 0 Å². The van der Waals surface area contributed by atoms with Gasteiger partial charge in [-0.15, -0.1) is 0 Å². The minimum atomic E-state index is -0.327. The minimum Gasteiger partial charge on any atom is -0.508 e. The monoisotopic (exact) mass is 209 g/mol. The van der Waals surface area contributed by atoms with Crippen LogP contribution in [-0.4, -0.2) is 11.7 Å². The van der Waals surface area contributed by atoms with Crippen molar-refractivity contribution < 1.29 is 9.50 Å². The largest absolute Gasteiger partial charge is 0.508 e. The number of halogens is 1. The molecule has 1 rings (SSSR count). The molecule has 82 valence electrons. The van der Waals surface area contributed by atoms with Crippen molar-refractivity contribution in [3.63, 3.8) is 0 Å². The third-order valence-electron chi connectivity index (χ3n) is 2.01. The van der Waals surface area contributed by atoms with Gasteiger partial charge in [0.1, 0.15) is 11.6 Å². The van der Waals surface area contributed by atoms with Gasteiger partial charge >= 0.3 is 0 Å². The Bertz CT molecular complexity index is 357. The van der Waals surface area contributed by atoms with Gasteiger partial charge in [0, 0.05) is 18.7 Å². The summed E-state index contributed by atoms with van der Waals surface area (Å²) in [5.74, 6) is -0.201. The van der Waals surface area contributed by atoms with E-state index < -0.39 is 0 Å². The van der Waals surface area contributed by atoms with Crippen LogP contribution in [0.25, 0.3) is 0 Å². The number of benzene rings is 1. The fourth-order valence-corrected chi connectivity index (χ4v) is 1.18. The van der Waals surface area contributed by atoms with E-state index in [2.05, 4.69) is 5.32 Å². The molecule has 0 unspecified atom stereocenters. The molecule has 3 heteroatoms. The molecule has 0 saturated heterocycles. The van der Waals surface area contributed by atoms with E-state index in [4.69, 9.17) is 0 Å². The number of rotatable bonds is 4. The molecule has 1 aromatic rings. The quantitative estimate of drug-likeness (QED) is 0.590. The zero-order valence-corrected chi connectivity index (χ0v) is 9.05. The van der Waals surface area contributed by atoms with Gasteiger partial charge < -0.3 is 10.4 Å². The Morgan fingerprint density at radius 1 is 1.47 bits per heavy atom. The zero-order valence-electron chi connectivity index (χ0n) is 9.05. The molecular weight excluding hydrogens is 193 g/mol. The second-order valence-electron chi connectivity index (χ2n) is 3.69. The topological polar surface area (TPSA) is 32.3 Å². The van der Waals surface area contributed by atoms with E-state index in [0.29, 0.717) is 12.1 Å². The zero-order chi connectivity index (χ0) is 11.3. The summed E-state index contributed by atoms with van der Waals surface area (Å²) in [5.41, 5.74) is 1.81. The first-order chi connectivity index (χ1) is 7.09. The first-order valence-corrected chi connectivity index (χ1v) is 4.91. The molecule has 1 aromatic carbocycles. The van der Waals surface area contributed by atoms with E-state index in [1.807, 2.05) is 19.9 Å². The van der Waals surface area contributed by atoms with Crippen molar-refractivity contribution in [1.82, 2.24) is 5.32 Å². The fourth-order valence-electron chi connectivity index (χ4n) is 1.18. The summed E-state index contributed by atoms with van der Waals surface area (Å²) in [5, 5.41) is 12.5. The Morgan fingerprint density at radius 2 is 2.20 bits per heavy atom. The molecule has 0 spiro atoms. The van der Waals surface area contributed by atoms with Gasteiger partial charge in [0.15, 0.2) is 0 Å². The van der Waals surface area contributed by atoms with Crippen LogP contribution in [0, 0.1) is 5.82 Å². The summed E-state index contributed by atoms with van der Waals surface area (Å²) in [6, 6.07) is 3.95. The molecule has 0 amide bonds. The molecule has 0 aliphatic carbocycles. The third-order valence-corrected chi connectivity index (χ3v) is 2.01. The maximum absolute atomic E-state index is 12.8. The van der Waals surface area contributed by atoms with Crippen LogP contribution in [0.4, 0.5) is 4.39 Å². The molecule has 2 nitrogen and oxygen atoms in total. The lowest BCUT2D eigenvalue weighted by atomic mass is 10.2. The predicted molar refractivity (Wildman–Crippen MR) is 59.2 cm³/mol. The van der Waals surface area contributed by atoms with Crippen LogP contribution in [0.3, 0.4) is 0 Å². The van der Waals surface area contributed by atoms with Gasteiger partial charge in [-0.25, -0.2) is 4.39 Å². The molecule has 0 fully saturated rings. The Morgan fingerprint density at radius 3 is 2.87 bits per heavy atom. The average molecular weight is 209 g/mol. The second-order valence-corrected chi connectivity index (χ2v) is 3.69. The van der Waals surface area contributed by atoms with Crippen molar-refractivity contribution >= 4 is 0 Å². The van der Waals surface area contributed by atoms with E-state index in [-0.39, 0.29) is 11.6 Å². The van der Waals surface area contributed by atoms with Gasteiger partial charge in [0.25, 0.3) is 0 Å². The third kappa shape index (κ3) is 4.13. The van der Waals surface area contributed by atoms with E-state index in [0.717, 1.165) is 6.54 Å². The lowest BCUT2D eigenvalue weighted by Crippen LogP contribution is -2.13. The van der Waals surface area contributed by atoms with Crippen LogP contribution < -0.4 is 5.32 Å². The summed E-state index contributed by atoms with van der Waals surface area (Å²) in [4.78, 5) is 0. The van der Waals surface area contributed by atoms with Crippen LogP contribution >= 0.6 is 0 Å². The Labute approximate surface area is 89.4 Å². The molecule has 0 aliphatic rings. The second kappa shape index (κ2) is 5.51. The number of hydrogen-bond donors (Lipinski definition) is 2. The van der Waals surface area contributed by atoms with Crippen LogP contribution in [-0.2, 0) is 6.54 Å². The summed E-state index contributed by atoms with van der Waals surface area (Å²) >= 11 is 0. The van der Waals surface area contributed by atoms with Crippen LogP contribution in [0.1, 0.15) is 19.4 Å². The lowest BCUT2D eigenvalue weighted by molar-refractivity contribution is 0.462. The number of nitrogens with one attached hydrogen (secondary N) is 1. The van der Waals surface area contributed by atoms with Crippen LogP contribution in [0.15, 0.2) is 29.8 Å². The molecular formula is C12H16FNO. The smallest absolute Gasteiger partial charge is 0.123 e. The summed E-state index contributed by atoms with van der Waals surface area (Å²) in [6.45, 7) is 5.22. The molecule has 0 saturated carbocycles. The maximum atomic E-state index is 12.8. The van der Waals surface area contributed by atoms with E-state index in [1.54, 1.807) is 0 Å². The predicted octanol–water partition coefficient (Wildman–Crippen LogP) is 2.59. The summed E-state index contributed by atoms with van der Waals surface area (Å²) < 4.78 is 12.8. The number of aromatic hydroxyl groups is 1. The van der Waals surface area contributed by atoms with E-state index in [9.17, 15) is 9.50 Å². The summed E-state index contributed by atoms with van der Waals surface area (Å²) in [6.07, 6.45) is 2.04. The normalized spacial score (nSPS) is 10.1. The maximum Gasteiger partial charge on any atom is 0.123 e. The molecule has 0 heterocycles. The highest BCUT2D eigenvalue weighted by molar-refractivity contribution is 5.32. The summed E-state index contributed by atoms with van der Waals surface area (Å²) in [7, 11) is 0. The van der Waals surface area contributed by atoms with E-state index in [1.165, 1.54) is 23.8 Å². The number of phenols is 1. The average Bonchev–Trinajstić information content (AvgIpc) is 2.17. The number of phenolic OH excluding ortho intramolecular Hbond substituents is 1. The fraction of sp³-hybridized carbons (Fsp3) is 0.333. The van der Waals surface area contributed by atoms with Crippen molar-refractivity contribution in [2.45, 2.75) is 20.4 Å². The molecule has 0 atom stereocenters. The van der Waals surface area contributed by atoms with Crippen molar-refractivity contribution in [2.75, 3.05) is 6.54 Å². The highest BCUT2D eigenvalue weighted by atomic mass is 19.1. The van der Waals surface area contributed by atoms with Gasteiger partial charge in [0.05, 0.1) is 0 Å². The molecule has 2 N–H and O–H groups in total. The minimum absolute atomic E-state index is 0.126. The van der Waals surface area contributed by atoms with E-state index >= 15 is 0 Å². The van der Waals surface area contributed by atoms with Gasteiger partial charge in [0.2, 0.25) is 0 Å². The number of hydrogen-bond acceptors (Lipinski definition) is 2. The van der Waals surface area contributed by atoms with Gasteiger partial charge in [-0.2, -0.15) is 0 Å². The molecule has 0 aliphatic heterocycles. The van der Waals surface area contributed by atoms with Gasteiger partial charge in [-0.05, 0) is 32.0 Å². The molecule has 0 aromatic heterocycles. The Hall–Kier alpha value is -1.35. The van der Waals surface area contributed by atoms with Crippen LogP contribution in [0.5, 0.6) is 5.75 Å². The van der Waals surface area contributed by atoms with Gasteiger partial charge in [-0.1, -0.05) is 11.6 Å². The number of allylic oxidation sites excluding steroid dienone is 1. The first kappa shape index (κ1) is 11.7. The van der Waals surface area contributed by atoms with Crippen molar-refractivity contribution in [2.24, 2.45) is 0 Å². The molecule has 0 bridgehead atoms.